The number of carbonyl (C=O) groups is 4. The van der Waals surface area contributed by atoms with Crippen LogP contribution < -0.4 is 0 Å². The molecule has 19 heteroatoms. The number of phosphoric ester groups is 2. The topological polar surface area (TPSA) is 237 Å². The van der Waals surface area contributed by atoms with Gasteiger partial charge in [-0.1, -0.05) is 241 Å². The van der Waals surface area contributed by atoms with Crippen molar-refractivity contribution in [3.63, 3.8) is 0 Å². The first-order valence-corrected chi connectivity index (χ1v) is 34.5. The van der Waals surface area contributed by atoms with E-state index in [9.17, 15) is 43.2 Å². The standard InChI is InChI=1S/C60H116O17P2/c1-7-10-12-14-16-18-20-24-32-38-44-59(64)76-55(48-70-57(62)42-36-30-23-19-17-15-13-11-8-2)50-74-78(66,67)72-46-54(61)47-73-79(68,69)75-51-56(77-60(65)45-39-33-25-21-22-28-34-40-52(4)5)49-71-58(63)43-37-31-27-26-29-35-41-53(6)9-3/h52-56,61H,7-51H2,1-6H3,(H,66,67)(H,68,69)/t53?,54-,55+,56+/m0/s1. The number of hydrogen-bond acceptors (Lipinski definition) is 15. The summed E-state index contributed by atoms with van der Waals surface area (Å²) in [5.74, 6) is -0.717. The van der Waals surface area contributed by atoms with Gasteiger partial charge in [-0.15, -0.1) is 0 Å². The molecule has 3 N–H and O–H groups in total. The number of aliphatic hydroxyl groups is 1. The van der Waals surface area contributed by atoms with E-state index in [1.54, 1.807) is 0 Å². The molecule has 0 saturated carbocycles. The highest BCUT2D eigenvalue weighted by atomic mass is 31.2. The Bertz CT molecular complexity index is 1570. The molecular formula is C60H116O17P2. The number of unbranched alkanes of at least 4 members (excludes halogenated alkanes) is 28. The number of aliphatic hydroxyl groups excluding tert-OH is 1. The Morgan fingerprint density at radius 3 is 0.962 bits per heavy atom. The van der Waals surface area contributed by atoms with Crippen LogP contribution in [0.3, 0.4) is 0 Å². The lowest BCUT2D eigenvalue weighted by Crippen LogP contribution is -2.30. The first kappa shape index (κ1) is 77.1. The predicted molar refractivity (Wildman–Crippen MR) is 312 cm³/mol. The maximum absolute atomic E-state index is 12.9. The minimum atomic E-state index is -4.94. The molecular weight excluding hydrogens is 1050 g/mol. The Morgan fingerprint density at radius 2 is 0.646 bits per heavy atom. The van der Waals surface area contributed by atoms with Crippen LogP contribution in [0.2, 0.25) is 0 Å². The quantitative estimate of drug-likeness (QED) is 0.0222. The Labute approximate surface area is 479 Å². The van der Waals surface area contributed by atoms with E-state index in [0.717, 1.165) is 102 Å². The van der Waals surface area contributed by atoms with Gasteiger partial charge in [-0.25, -0.2) is 9.13 Å². The molecule has 0 aromatic heterocycles. The van der Waals surface area contributed by atoms with Crippen LogP contribution in [0.1, 0.15) is 292 Å². The largest absolute Gasteiger partial charge is 0.472 e. The van der Waals surface area contributed by atoms with Crippen LogP contribution in [-0.4, -0.2) is 96.7 Å². The number of esters is 4. The molecule has 0 radical (unpaired) electrons. The van der Waals surface area contributed by atoms with Gasteiger partial charge in [0.15, 0.2) is 12.2 Å². The number of rotatable bonds is 59. The summed E-state index contributed by atoms with van der Waals surface area (Å²) < 4.78 is 67.7. The van der Waals surface area contributed by atoms with Crippen molar-refractivity contribution >= 4 is 39.5 Å². The SMILES string of the molecule is CCCCCCCCCCCCC(=O)O[C@H](COC(=O)CCCCCCCCCCC)COP(=O)(O)OC[C@H](O)COP(=O)(O)OC[C@@H](COC(=O)CCCCCCCCC(C)CC)OC(=O)CCCCCCCCCC(C)C. The second-order valence-electron chi connectivity index (χ2n) is 22.5. The minimum absolute atomic E-state index is 0.102. The molecule has 0 aromatic carbocycles. The van der Waals surface area contributed by atoms with Crippen molar-refractivity contribution in [3.05, 3.63) is 0 Å². The molecule has 0 aliphatic rings. The van der Waals surface area contributed by atoms with Crippen molar-refractivity contribution in [1.29, 1.82) is 0 Å². The van der Waals surface area contributed by atoms with Crippen molar-refractivity contribution in [1.82, 2.24) is 0 Å². The van der Waals surface area contributed by atoms with Crippen molar-refractivity contribution < 1.29 is 80.2 Å². The molecule has 0 aliphatic carbocycles. The molecule has 0 bridgehead atoms. The highest BCUT2D eigenvalue weighted by Gasteiger charge is 2.30. The molecule has 0 amide bonds. The summed E-state index contributed by atoms with van der Waals surface area (Å²) in [6, 6.07) is 0. The maximum Gasteiger partial charge on any atom is 0.472 e. The lowest BCUT2D eigenvalue weighted by Gasteiger charge is -2.21. The molecule has 17 nitrogen and oxygen atoms in total. The second kappa shape index (κ2) is 52.8. The van der Waals surface area contributed by atoms with Crippen molar-refractivity contribution in [2.45, 2.75) is 310 Å². The average Bonchev–Trinajstić information content (AvgIpc) is 3.41. The lowest BCUT2D eigenvalue weighted by molar-refractivity contribution is -0.161. The molecule has 6 atom stereocenters. The third-order valence-corrected chi connectivity index (χ3v) is 16.0. The van der Waals surface area contributed by atoms with Gasteiger partial charge in [0.1, 0.15) is 19.3 Å². The van der Waals surface area contributed by atoms with E-state index in [-0.39, 0.29) is 25.7 Å². The smallest absolute Gasteiger partial charge is 0.462 e. The molecule has 468 valence electrons. The van der Waals surface area contributed by atoms with Crippen LogP contribution in [0.15, 0.2) is 0 Å². The lowest BCUT2D eigenvalue weighted by atomic mass is 10.00. The van der Waals surface area contributed by atoms with E-state index >= 15 is 0 Å². The highest BCUT2D eigenvalue weighted by Crippen LogP contribution is 2.45. The summed E-state index contributed by atoms with van der Waals surface area (Å²) in [6.45, 7) is 9.33. The fourth-order valence-electron chi connectivity index (χ4n) is 8.79. The molecule has 0 fully saturated rings. The van der Waals surface area contributed by atoms with Gasteiger partial charge in [0.2, 0.25) is 0 Å². The van der Waals surface area contributed by atoms with E-state index in [1.807, 2.05) is 0 Å². The maximum atomic E-state index is 12.9. The van der Waals surface area contributed by atoms with E-state index in [4.69, 9.17) is 37.0 Å². The Morgan fingerprint density at radius 1 is 0.367 bits per heavy atom. The third-order valence-electron chi connectivity index (χ3n) is 14.1. The van der Waals surface area contributed by atoms with Crippen molar-refractivity contribution in [2.75, 3.05) is 39.6 Å². The van der Waals surface area contributed by atoms with Crippen molar-refractivity contribution in [3.8, 4) is 0 Å². The van der Waals surface area contributed by atoms with Gasteiger partial charge < -0.3 is 33.8 Å². The Balaban J connectivity index is 5.24. The zero-order chi connectivity index (χ0) is 58.7. The Kier molecular flexibility index (Phi) is 51.5. The third kappa shape index (κ3) is 53.8. The molecule has 0 aromatic rings. The molecule has 3 unspecified atom stereocenters. The second-order valence-corrected chi connectivity index (χ2v) is 25.4. The van der Waals surface area contributed by atoms with Gasteiger partial charge in [-0.05, 0) is 37.5 Å². The molecule has 0 rings (SSSR count). The zero-order valence-electron chi connectivity index (χ0n) is 50.7. The van der Waals surface area contributed by atoms with Crippen LogP contribution in [0.5, 0.6) is 0 Å². The zero-order valence-corrected chi connectivity index (χ0v) is 52.4. The van der Waals surface area contributed by atoms with Crippen LogP contribution in [-0.2, 0) is 65.4 Å². The van der Waals surface area contributed by atoms with E-state index in [1.165, 1.54) is 103 Å². The predicted octanol–water partition coefficient (Wildman–Crippen LogP) is 16.1. The summed E-state index contributed by atoms with van der Waals surface area (Å²) in [4.78, 5) is 71.9. The molecule has 0 spiro atoms. The monoisotopic (exact) mass is 1170 g/mol. The van der Waals surface area contributed by atoms with Gasteiger partial charge in [0.05, 0.1) is 26.4 Å². The normalized spacial score (nSPS) is 14.8. The number of ether oxygens (including phenoxy) is 4. The summed E-state index contributed by atoms with van der Waals surface area (Å²) >= 11 is 0. The van der Waals surface area contributed by atoms with E-state index < -0.39 is 97.5 Å². The van der Waals surface area contributed by atoms with Gasteiger partial charge in [0.25, 0.3) is 0 Å². The van der Waals surface area contributed by atoms with Gasteiger partial charge in [-0.2, -0.15) is 0 Å². The van der Waals surface area contributed by atoms with Crippen molar-refractivity contribution in [2.24, 2.45) is 11.8 Å². The summed E-state index contributed by atoms with van der Waals surface area (Å²) in [5.41, 5.74) is 0. The fraction of sp³-hybridized carbons (Fsp3) is 0.933. The number of hydrogen-bond donors (Lipinski definition) is 3. The van der Waals surface area contributed by atoms with Gasteiger partial charge >= 0.3 is 39.5 Å². The van der Waals surface area contributed by atoms with Crippen LogP contribution >= 0.6 is 15.6 Å². The molecule has 0 heterocycles. The van der Waals surface area contributed by atoms with Crippen LogP contribution in [0.4, 0.5) is 0 Å². The summed E-state index contributed by atoms with van der Waals surface area (Å²) in [6.07, 6.45) is 33.5. The van der Waals surface area contributed by atoms with Gasteiger partial charge in [-0.3, -0.25) is 37.3 Å². The summed E-state index contributed by atoms with van der Waals surface area (Å²) in [5, 5.41) is 10.5. The molecule has 0 aliphatic heterocycles. The van der Waals surface area contributed by atoms with Gasteiger partial charge in [0, 0.05) is 25.7 Å². The van der Waals surface area contributed by atoms with Crippen LogP contribution in [0, 0.1) is 11.8 Å². The Hall–Kier alpha value is -1.94. The number of carbonyl (C=O) groups excluding carboxylic acids is 4. The fourth-order valence-corrected chi connectivity index (χ4v) is 10.4. The van der Waals surface area contributed by atoms with E-state index in [0.29, 0.717) is 31.6 Å². The number of phosphoric acid groups is 2. The van der Waals surface area contributed by atoms with E-state index in [2.05, 4.69) is 41.5 Å². The first-order chi connectivity index (χ1) is 37.9. The average molecular weight is 1170 g/mol. The molecule has 79 heavy (non-hydrogen) atoms. The summed E-state index contributed by atoms with van der Waals surface area (Å²) in [7, 11) is -9.88. The first-order valence-electron chi connectivity index (χ1n) is 31.5. The highest BCUT2D eigenvalue weighted by molar-refractivity contribution is 7.47. The molecule has 0 saturated heterocycles. The van der Waals surface area contributed by atoms with Crippen LogP contribution in [0.25, 0.3) is 0 Å². The minimum Gasteiger partial charge on any atom is -0.462 e.